The molecule has 0 spiro atoms. The van der Waals surface area contributed by atoms with Gasteiger partial charge in [-0.3, -0.25) is 28.3 Å². The molecule has 1 heterocycles. The summed E-state index contributed by atoms with van der Waals surface area (Å²) in [6.45, 7) is -0.0778. The molecule has 2 fully saturated rings. The third kappa shape index (κ3) is 7.65. The van der Waals surface area contributed by atoms with Gasteiger partial charge in [-0.1, -0.05) is 0 Å². The zero-order chi connectivity index (χ0) is 23.0. The Morgan fingerprint density at radius 2 is 2.03 bits per heavy atom. The van der Waals surface area contributed by atoms with Crippen molar-refractivity contribution in [2.24, 2.45) is 11.8 Å². The fourth-order valence-electron chi connectivity index (χ4n) is 3.63. The Labute approximate surface area is 185 Å². The van der Waals surface area contributed by atoms with Gasteiger partial charge in [-0.15, -0.1) is 11.8 Å². The highest BCUT2D eigenvalue weighted by Crippen LogP contribution is 2.41. The summed E-state index contributed by atoms with van der Waals surface area (Å²) in [7, 11) is -1.43. The van der Waals surface area contributed by atoms with Gasteiger partial charge >= 0.3 is 7.82 Å². The van der Waals surface area contributed by atoms with Crippen molar-refractivity contribution in [2.75, 3.05) is 33.2 Å². The predicted octanol–water partition coefficient (Wildman–Crippen LogP) is 0.278. The van der Waals surface area contributed by atoms with Crippen molar-refractivity contribution >= 4 is 43.6 Å². The van der Waals surface area contributed by atoms with Gasteiger partial charge in [0.15, 0.2) is 0 Å². The second-order valence-electron chi connectivity index (χ2n) is 7.58. The van der Waals surface area contributed by atoms with E-state index in [-0.39, 0.29) is 42.0 Å². The lowest BCUT2D eigenvalue weighted by molar-refractivity contribution is -0.139. The molecule has 1 aliphatic heterocycles. The minimum Gasteiger partial charge on any atom is -0.332 e. The predicted molar refractivity (Wildman–Crippen MR) is 113 cm³/mol. The molecule has 0 aromatic heterocycles. The van der Waals surface area contributed by atoms with Crippen LogP contribution in [0, 0.1) is 11.8 Å². The summed E-state index contributed by atoms with van der Waals surface area (Å²) in [4.78, 5) is 58.5. The number of amides is 3. The molecule has 0 radical (unpaired) electrons. The van der Waals surface area contributed by atoms with Gasteiger partial charge in [-0.05, 0) is 38.6 Å². The molecule has 3 unspecified atom stereocenters. The van der Waals surface area contributed by atoms with E-state index in [1.54, 1.807) is 7.05 Å². The maximum absolute atomic E-state index is 12.6. The Bertz CT molecular complexity index is 716. The van der Waals surface area contributed by atoms with Crippen molar-refractivity contribution in [1.82, 2.24) is 15.5 Å². The molecule has 13 heteroatoms. The molecule has 1 aliphatic carbocycles. The number of nitrogens with one attached hydrogen (secondary N) is 2. The van der Waals surface area contributed by atoms with Crippen LogP contribution in [0.15, 0.2) is 0 Å². The Morgan fingerprint density at radius 3 is 2.61 bits per heavy atom. The second-order valence-corrected chi connectivity index (χ2v) is 10.4. The number of carbonyl (C=O) groups excluding carboxylic acids is 4. The topological polar surface area (TPSA) is 151 Å². The first-order valence-corrected chi connectivity index (χ1v) is 12.6. The van der Waals surface area contributed by atoms with Gasteiger partial charge in [0.05, 0.1) is 11.3 Å². The van der Waals surface area contributed by atoms with Crippen LogP contribution in [0.25, 0.3) is 0 Å². The number of aldehydes is 1. The number of rotatable bonds is 12. The van der Waals surface area contributed by atoms with E-state index < -0.39 is 19.8 Å². The molecule has 3 atom stereocenters. The molecule has 3 N–H and O–H groups in total. The van der Waals surface area contributed by atoms with Gasteiger partial charge < -0.3 is 20.3 Å². The molecule has 31 heavy (non-hydrogen) atoms. The summed E-state index contributed by atoms with van der Waals surface area (Å²) in [5.74, 6) is -0.373. The van der Waals surface area contributed by atoms with Crippen LogP contribution in [-0.2, 0) is 32.8 Å². The first-order valence-electron chi connectivity index (χ1n) is 10.1. The number of imide groups is 1. The van der Waals surface area contributed by atoms with E-state index in [2.05, 4.69) is 19.7 Å². The van der Waals surface area contributed by atoms with E-state index in [4.69, 9.17) is 4.89 Å². The Kier molecular flexibility index (Phi) is 10.1. The Balaban J connectivity index is 1.75. The minimum atomic E-state index is -4.13. The summed E-state index contributed by atoms with van der Waals surface area (Å²) in [5.41, 5.74) is 0. The number of hydrogen-bond donors (Lipinski definition) is 3. The zero-order valence-electron chi connectivity index (χ0n) is 17.7. The summed E-state index contributed by atoms with van der Waals surface area (Å²) in [5, 5.41) is 4.84. The maximum atomic E-state index is 12.6. The van der Waals surface area contributed by atoms with Gasteiger partial charge in [0.25, 0.3) is 0 Å². The summed E-state index contributed by atoms with van der Waals surface area (Å²) < 4.78 is 20.1. The molecule has 1 saturated heterocycles. The first-order chi connectivity index (χ1) is 14.7. The smallest absolute Gasteiger partial charge is 0.332 e. The number of phosphoric ester groups is 1. The molecule has 0 aromatic carbocycles. The van der Waals surface area contributed by atoms with Crippen molar-refractivity contribution in [2.45, 2.75) is 43.4 Å². The van der Waals surface area contributed by atoms with E-state index in [9.17, 15) is 23.7 Å². The number of likely N-dealkylation sites (N-methyl/N-ethyl adjacent to an activating group) is 1. The SMILES string of the molecule is CNC(C=O)CSC1CC(=O)N(CC2CCC(C(=O)NCOP(=O)(O)OC)CC2)C1=O. The van der Waals surface area contributed by atoms with Gasteiger partial charge in [-0.2, -0.15) is 0 Å². The van der Waals surface area contributed by atoms with E-state index in [0.29, 0.717) is 38.0 Å². The van der Waals surface area contributed by atoms with Crippen LogP contribution in [0.2, 0.25) is 0 Å². The van der Waals surface area contributed by atoms with E-state index in [1.807, 2.05) is 0 Å². The van der Waals surface area contributed by atoms with Gasteiger partial charge in [0.1, 0.15) is 13.0 Å². The van der Waals surface area contributed by atoms with Crippen LogP contribution in [0.4, 0.5) is 0 Å². The van der Waals surface area contributed by atoms with Crippen LogP contribution < -0.4 is 10.6 Å². The van der Waals surface area contributed by atoms with Crippen molar-refractivity contribution in [1.29, 1.82) is 0 Å². The highest BCUT2D eigenvalue weighted by atomic mass is 32.2. The normalized spacial score (nSPS) is 27.1. The van der Waals surface area contributed by atoms with E-state index in [0.717, 1.165) is 13.4 Å². The standard InChI is InChI=1S/C18H30N3O8PS/c1-19-14(9-22)10-31-15-7-16(23)21(18(15)25)8-12-3-5-13(6-4-12)17(24)20-11-29-30(26,27)28-2/h9,12-15,19H,3-8,10-11H2,1-2H3,(H,20,24)(H,26,27). The monoisotopic (exact) mass is 479 g/mol. The average molecular weight is 479 g/mol. The summed E-state index contributed by atoms with van der Waals surface area (Å²) >= 11 is 1.32. The largest absolute Gasteiger partial charge is 0.473 e. The number of hydrogen-bond acceptors (Lipinski definition) is 9. The van der Waals surface area contributed by atoms with Gasteiger partial charge in [-0.25, -0.2) is 4.57 Å². The first kappa shape index (κ1) is 26.0. The molecule has 0 bridgehead atoms. The van der Waals surface area contributed by atoms with E-state index in [1.165, 1.54) is 16.7 Å². The maximum Gasteiger partial charge on any atom is 0.473 e. The molecular formula is C18H30N3O8PS. The Hall–Kier alpha value is -1.30. The number of phosphoric acid groups is 1. The second kappa shape index (κ2) is 12.1. The molecule has 0 aromatic rings. The number of likely N-dealkylation sites (tertiary alicyclic amines) is 1. The fourth-order valence-corrected chi connectivity index (χ4v) is 5.18. The lowest BCUT2D eigenvalue weighted by Crippen LogP contribution is -2.39. The quantitative estimate of drug-likeness (QED) is 0.154. The average Bonchev–Trinajstić information content (AvgIpc) is 3.02. The molecule has 3 amide bonds. The van der Waals surface area contributed by atoms with Crippen LogP contribution in [0.1, 0.15) is 32.1 Å². The van der Waals surface area contributed by atoms with Crippen LogP contribution in [-0.4, -0.2) is 78.3 Å². The van der Waals surface area contributed by atoms with Crippen LogP contribution >= 0.6 is 19.6 Å². The van der Waals surface area contributed by atoms with Crippen molar-refractivity contribution in [3.63, 3.8) is 0 Å². The molecule has 176 valence electrons. The van der Waals surface area contributed by atoms with Crippen LogP contribution in [0.3, 0.4) is 0 Å². The lowest BCUT2D eigenvalue weighted by Gasteiger charge is -2.30. The highest BCUT2D eigenvalue weighted by molar-refractivity contribution is 8.00. The fraction of sp³-hybridized carbons (Fsp3) is 0.778. The van der Waals surface area contributed by atoms with E-state index >= 15 is 0 Å². The lowest BCUT2D eigenvalue weighted by atomic mass is 9.81. The van der Waals surface area contributed by atoms with Gasteiger partial charge in [0, 0.05) is 31.7 Å². The number of thioether (sulfide) groups is 1. The highest BCUT2D eigenvalue weighted by Gasteiger charge is 2.40. The van der Waals surface area contributed by atoms with Crippen molar-refractivity contribution in [3.05, 3.63) is 0 Å². The molecule has 2 aliphatic rings. The van der Waals surface area contributed by atoms with Crippen LogP contribution in [0.5, 0.6) is 0 Å². The molecule has 1 saturated carbocycles. The van der Waals surface area contributed by atoms with Crippen molar-refractivity contribution in [3.8, 4) is 0 Å². The zero-order valence-corrected chi connectivity index (χ0v) is 19.4. The third-order valence-electron chi connectivity index (χ3n) is 5.58. The van der Waals surface area contributed by atoms with Crippen molar-refractivity contribution < 1.29 is 37.7 Å². The van der Waals surface area contributed by atoms with Gasteiger partial charge in [0.2, 0.25) is 17.7 Å². The minimum absolute atomic E-state index is 0.128. The number of nitrogens with zero attached hydrogens (tertiary/aromatic N) is 1. The molecule has 11 nitrogen and oxygen atoms in total. The summed E-state index contributed by atoms with van der Waals surface area (Å²) in [6.07, 6.45) is 3.50. The molecule has 2 rings (SSSR count). The third-order valence-corrected chi connectivity index (χ3v) is 7.82. The molecular weight excluding hydrogens is 449 g/mol. The number of carbonyl (C=O) groups is 4. The summed E-state index contributed by atoms with van der Waals surface area (Å²) in [6, 6.07) is -0.354. The Morgan fingerprint density at radius 1 is 1.35 bits per heavy atom.